The Balaban J connectivity index is 2.28. The number of rotatable bonds is 5. The van der Waals surface area contributed by atoms with E-state index in [1.165, 1.54) is 6.07 Å². The van der Waals surface area contributed by atoms with Gasteiger partial charge in [-0.25, -0.2) is 0 Å². The first kappa shape index (κ1) is 10.8. The van der Waals surface area contributed by atoms with Crippen molar-refractivity contribution in [2.24, 2.45) is 0 Å². The maximum absolute atomic E-state index is 10.9. The number of hydrogen-bond acceptors (Lipinski definition) is 3. The zero-order valence-corrected chi connectivity index (χ0v) is 8.62. The van der Waals surface area contributed by atoms with Crippen LogP contribution in [0.4, 0.5) is 0 Å². The minimum atomic E-state index is -0.130. The van der Waals surface area contributed by atoms with Gasteiger partial charge in [-0.15, -0.1) is 0 Å². The molecule has 0 saturated heterocycles. The average Bonchev–Trinajstić information content (AvgIpc) is 2.12. The molecular formula is C10H16N2O2. The maximum Gasteiger partial charge on any atom is 0.251 e. The molecule has 0 aliphatic heterocycles. The summed E-state index contributed by atoms with van der Waals surface area (Å²) in [7, 11) is 4.04. The molecule has 0 aliphatic rings. The average molecular weight is 196 g/mol. The number of hydrogen-bond donors (Lipinski definition) is 1. The van der Waals surface area contributed by atoms with Crippen molar-refractivity contribution >= 4 is 0 Å². The Hall–Kier alpha value is -1.29. The van der Waals surface area contributed by atoms with Crippen LogP contribution in [0, 0.1) is 0 Å². The van der Waals surface area contributed by atoms with Gasteiger partial charge >= 0.3 is 0 Å². The lowest BCUT2D eigenvalue weighted by atomic mass is 10.4. The van der Waals surface area contributed by atoms with E-state index in [4.69, 9.17) is 4.74 Å². The molecule has 0 unspecified atom stereocenters. The van der Waals surface area contributed by atoms with Gasteiger partial charge in [0.25, 0.3) is 5.56 Å². The highest BCUT2D eigenvalue weighted by Crippen LogP contribution is 2.04. The normalized spacial score (nSPS) is 10.5. The van der Waals surface area contributed by atoms with Crippen LogP contribution in [-0.2, 0) is 0 Å². The molecule has 4 heteroatoms. The van der Waals surface area contributed by atoms with Gasteiger partial charge < -0.3 is 14.6 Å². The first-order valence-corrected chi connectivity index (χ1v) is 4.65. The molecule has 1 heterocycles. The third-order valence-electron chi connectivity index (χ3n) is 1.76. The molecule has 0 radical (unpaired) electrons. The van der Waals surface area contributed by atoms with Crippen molar-refractivity contribution in [3.05, 3.63) is 28.7 Å². The second-order valence-corrected chi connectivity index (χ2v) is 3.39. The monoisotopic (exact) mass is 196 g/mol. The molecule has 14 heavy (non-hydrogen) atoms. The number of nitrogens with one attached hydrogen (secondary N) is 1. The summed E-state index contributed by atoms with van der Waals surface area (Å²) in [6, 6.07) is 3.20. The fraction of sp³-hybridized carbons (Fsp3) is 0.500. The van der Waals surface area contributed by atoms with Crippen molar-refractivity contribution in [1.82, 2.24) is 9.88 Å². The van der Waals surface area contributed by atoms with Gasteiger partial charge in [-0.05, 0) is 26.6 Å². The number of nitrogens with zero attached hydrogens (tertiary/aromatic N) is 1. The standard InChI is InChI=1S/C10H16N2O2/c1-12(2)6-3-7-14-9-4-5-11-10(13)8-9/h4-5,8H,3,6-7H2,1-2H3,(H,11,13). The third kappa shape index (κ3) is 4.09. The van der Waals surface area contributed by atoms with Crippen LogP contribution in [0.3, 0.4) is 0 Å². The van der Waals surface area contributed by atoms with Crippen molar-refractivity contribution < 1.29 is 4.74 Å². The Labute approximate surface area is 83.5 Å². The number of H-pyrrole nitrogens is 1. The molecule has 0 bridgehead atoms. The third-order valence-corrected chi connectivity index (χ3v) is 1.76. The summed E-state index contributed by atoms with van der Waals surface area (Å²) in [5.74, 6) is 0.632. The van der Waals surface area contributed by atoms with E-state index < -0.39 is 0 Å². The van der Waals surface area contributed by atoms with Crippen LogP contribution in [0.5, 0.6) is 5.75 Å². The van der Waals surface area contributed by atoms with Crippen LogP contribution in [0.25, 0.3) is 0 Å². The van der Waals surface area contributed by atoms with Crippen LogP contribution in [0.1, 0.15) is 6.42 Å². The molecule has 0 fully saturated rings. The summed E-state index contributed by atoms with van der Waals surface area (Å²) < 4.78 is 5.39. The summed E-state index contributed by atoms with van der Waals surface area (Å²) >= 11 is 0. The minimum Gasteiger partial charge on any atom is -0.493 e. The Bertz CT molecular complexity index is 320. The zero-order chi connectivity index (χ0) is 10.4. The van der Waals surface area contributed by atoms with Gasteiger partial charge in [0.15, 0.2) is 0 Å². The predicted octanol–water partition coefficient (Wildman–Crippen LogP) is 0.705. The van der Waals surface area contributed by atoms with Crippen molar-refractivity contribution in [3.63, 3.8) is 0 Å². The molecule has 0 aliphatic carbocycles. The number of aromatic nitrogens is 1. The highest BCUT2D eigenvalue weighted by molar-refractivity contribution is 5.16. The topological polar surface area (TPSA) is 45.3 Å². The van der Waals surface area contributed by atoms with E-state index in [1.807, 2.05) is 14.1 Å². The van der Waals surface area contributed by atoms with E-state index in [9.17, 15) is 4.79 Å². The van der Waals surface area contributed by atoms with Gasteiger partial charge in [0, 0.05) is 18.8 Å². The Morgan fingerprint density at radius 2 is 2.29 bits per heavy atom. The van der Waals surface area contributed by atoms with Crippen molar-refractivity contribution in [2.45, 2.75) is 6.42 Å². The first-order chi connectivity index (χ1) is 6.68. The summed E-state index contributed by atoms with van der Waals surface area (Å²) in [5, 5.41) is 0. The van der Waals surface area contributed by atoms with Crippen molar-refractivity contribution in [2.75, 3.05) is 27.2 Å². The Kier molecular flexibility index (Phi) is 4.19. The van der Waals surface area contributed by atoms with Crippen LogP contribution < -0.4 is 10.3 Å². The summed E-state index contributed by atoms with van der Waals surface area (Å²) in [6.07, 6.45) is 2.55. The lowest BCUT2D eigenvalue weighted by Crippen LogP contribution is -2.15. The molecule has 0 amide bonds. The molecule has 0 aromatic carbocycles. The zero-order valence-electron chi connectivity index (χ0n) is 8.62. The Morgan fingerprint density at radius 1 is 1.50 bits per heavy atom. The smallest absolute Gasteiger partial charge is 0.251 e. The molecule has 4 nitrogen and oxygen atoms in total. The predicted molar refractivity (Wildman–Crippen MR) is 55.7 cm³/mol. The quantitative estimate of drug-likeness (QED) is 0.705. The van der Waals surface area contributed by atoms with Gasteiger partial charge in [0.2, 0.25) is 0 Å². The lowest BCUT2D eigenvalue weighted by molar-refractivity contribution is 0.281. The molecule has 78 valence electrons. The molecule has 0 saturated carbocycles. The second kappa shape index (κ2) is 5.44. The van der Waals surface area contributed by atoms with Crippen LogP contribution in [0.2, 0.25) is 0 Å². The molecule has 0 atom stereocenters. The van der Waals surface area contributed by atoms with Crippen molar-refractivity contribution in [3.8, 4) is 5.75 Å². The summed E-state index contributed by atoms with van der Waals surface area (Å²) in [6.45, 7) is 1.63. The molecule has 1 N–H and O–H groups in total. The van der Waals surface area contributed by atoms with Gasteiger partial charge in [-0.2, -0.15) is 0 Å². The summed E-state index contributed by atoms with van der Waals surface area (Å²) in [4.78, 5) is 15.5. The van der Waals surface area contributed by atoms with Crippen LogP contribution in [-0.4, -0.2) is 37.1 Å². The van der Waals surface area contributed by atoms with E-state index >= 15 is 0 Å². The molecule has 1 aromatic rings. The van der Waals surface area contributed by atoms with E-state index in [2.05, 4.69) is 9.88 Å². The Morgan fingerprint density at radius 3 is 2.93 bits per heavy atom. The molecule has 1 aromatic heterocycles. The molecule has 0 spiro atoms. The number of ether oxygens (including phenoxy) is 1. The SMILES string of the molecule is CN(C)CCCOc1cc[nH]c(=O)c1. The largest absolute Gasteiger partial charge is 0.493 e. The maximum atomic E-state index is 10.9. The van der Waals surface area contributed by atoms with E-state index in [1.54, 1.807) is 12.3 Å². The van der Waals surface area contributed by atoms with Gasteiger partial charge in [-0.3, -0.25) is 4.79 Å². The lowest BCUT2D eigenvalue weighted by Gasteiger charge is -2.09. The molecule has 1 rings (SSSR count). The van der Waals surface area contributed by atoms with Crippen LogP contribution in [0.15, 0.2) is 23.1 Å². The fourth-order valence-electron chi connectivity index (χ4n) is 1.09. The fourth-order valence-corrected chi connectivity index (χ4v) is 1.09. The van der Waals surface area contributed by atoms with E-state index in [-0.39, 0.29) is 5.56 Å². The van der Waals surface area contributed by atoms with Crippen LogP contribution >= 0.6 is 0 Å². The first-order valence-electron chi connectivity index (χ1n) is 4.65. The van der Waals surface area contributed by atoms with E-state index in [0.717, 1.165) is 13.0 Å². The molecular weight excluding hydrogens is 180 g/mol. The van der Waals surface area contributed by atoms with Gasteiger partial charge in [0.05, 0.1) is 6.61 Å². The number of pyridine rings is 1. The second-order valence-electron chi connectivity index (χ2n) is 3.39. The number of aromatic amines is 1. The van der Waals surface area contributed by atoms with Gasteiger partial charge in [-0.1, -0.05) is 0 Å². The van der Waals surface area contributed by atoms with Gasteiger partial charge in [0.1, 0.15) is 5.75 Å². The summed E-state index contributed by atoms with van der Waals surface area (Å²) in [5.41, 5.74) is -0.130. The minimum absolute atomic E-state index is 0.130. The van der Waals surface area contributed by atoms with Crippen molar-refractivity contribution in [1.29, 1.82) is 0 Å². The highest BCUT2D eigenvalue weighted by atomic mass is 16.5. The van der Waals surface area contributed by atoms with E-state index in [0.29, 0.717) is 12.4 Å². The highest BCUT2D eigenvalue weighted by Gasteiger charge is 1.94.